The Labute approximate surface area is 209 Å². The maximum atomic E-state index is 6.01. The van der Waals surface area contributed by atoms with E-state index in [0.717, 1.165) is 38.7 Å². The maximum absolute atomic E-state index is 6.01. The number of nitrogens with zero attached hydrogens (tertiary/aromatic N) is 4. The standard InChI is InChI=1S/C27H30N4OS2/c1-6-15-31-24(16-32-23-13-11-21(12-14-23)27(3,4)5)29-30-26(31)34-18-22-17-33-25(28-22)20-9-7-19(2)8-10-20/h6-14,17H,1,15-16,18H2,2-5H3. The SMILES string of the molecule is C=CCn1c(COc2ccc(C(C)(C)C)cc2)nnc1SCc1csc(-c2ccc(C)cc2)n1. The summed E-state index contributed by atoms with van der Waals surface area (Å²) >= 11 is 3.30. The van der Waals surface area contributed by atoms with Gasteiger partial charge in [0.1, 0.15) is 17.4 Å². The lowest BCUT2D eigenvalue weighted by Crippen LogP contribution is -2.11. The molecule has 7 heteroatoms. The molecule has 0 aliphatic carbocycles. The van der Waals surface area contributed by atoms with Crippen LogP contribution in [0.25, 0.3) is 10.6 Å². The van der Waals surface area contributed by atoms with Gasteiger partial charge in [0.2, 0.25) is 0 Å². The quantitative estimate of drug-likeness (QED) is 0.186. The molecule has 2 aromatic carbocycles. The van der Waals surface area contributed by atoms with Gasteiger partial charge in [-0.3, -0.25) is 4.57 Å². The summed E-state index contributed by atoms with van der Waals surface area (Å²) in [6.45, 7) is 13.6. The molecule has 4 rings (SSSR count). The number of thiazole rings is 1. The highest BCUT2D eigenvalue weighted by Gasteiger charge is 2.15. The van der Waals surface area contributed by atoms with Crippen LogP contribution in [0.5, 0.6) is 5.75 Å². The Morgan fingerprint density at radius 1 is 1.06 bits per heavy atom. The molecule has 2 heterocycles. The van der Waals surface area contributed by atoms with Crippen LogP contribution in [0.4, 0.5) is 0 Å². The molecule has 5 nitrogen and oxygen atoms in total. The summed E-state index contributed by atoms with van der Waals surface area (Å²) < 4.78 is 8.06. The number of rotatable bonds is 9. The lowest BCUT2D eigenvalue weighted by Gasteiger charge is -2.19. The summed E-state index contributed by atoms with van der Waals surface area (Å²) in [5.41, 5.74) is 4.83. The van der Waals surface area contributed by atoms with E-state index in [2.05, 4.69) is 90.8 Å². The van der Waals surface area contributed by atoms with Gasteiger partial charge in [-0.2, -0.15) is 0 Å². The van der Waals surface area contributed by atoms with E-state index in [1.807, 2.05) is 18.2 Å². The van der Waals surface area contributed by atoms with Crippen molar-refractivity contribution in [2.75, 3.05) is 0 Å². The Kier molecular flexibility index (Phi) is 7.54. The third-order valence-electron chi connectivity index (χ3n) is 5.39. The summed E-state index contributed by atoms with van der Waals surface area (Å²) in [4.78, 5) is 4.80. The van der Waals surface area contributed by atoms with Gasteiger partial charge in [-0.05, 0) is 30.0 Å². The van der Waals surface area contributed by atoms with Crippen LogP contribution in [0.3, 0.4) is 0 Å². The van der Waals surface area contributed by atoms with E-state index in [1.165, 1.54) is 11.1 Å². The normalized spacial score (nSPS) is 11.5. The van der Waals surface area contributed by atoms with Crippen molar-refractivity contribution in [3.8, 4) is 16.3 Å². The fraction of sp³-hybridized carbons (Fsp3) is 0.296. The van der Waals surface area contributed by atoms with E-state index < -0.39 is 0 Å². The van der Waals surface area contributed by atoms with Crippen LogP contribution in [0.1, 0.15) is 43.4 Å². The lowest BCUT2D eigenvalue weighted by atomic mass is 9.87. The first-order chi connectivity index (χ1) is 16.3. The second kappa shape index (κ2) is 10.6. The smallest absolute Gasteiger partial charge is 0.191 e. The number of thioether (sulfide) groups is 1. The zero-order valence-corrected chi connectivity index (χ0v) is 21.7. The van der Waals surface area contributed by atoms with Gasteiger partial charge in [0.15, 0.2) is 11.0 Å². The third-order valence-corrected chi connectivity index (χ3v) is 7.33. The molecular formula is C27H30N4OS2. The number of aromatic nitrogens is 4. The summed E-state index contributed by atoms with van der Waals surface area (Å²) in [6, 6.07) is 16.7. The first kappa shape index (κ1) is 24.2. The van der Waals surface area contributed by atoms with Crippen LogP contribution in [-0.2, 0) is 24.3 Å². The molecular weight excluding hydrogens is 460 g/mol. The van der Waals surface area contributed by atoms with E-state index in [4.69, 9.17) is 9.72 Å². The highest BCUT2D eigenvalue weighted by molar-refractivity contribution is 7.98. The van der Waals surface area contributed by atoms with Crippen molar-refractivity contribution in [1.29, 1.82) is 0 Å². The average Bonchev–Trinajstić information content (AvgIpc) is 3.44. The monoisotopic (exact) mass is 490 g/mol. The van der Waals surface area contributed by atoms with Crippen molar-refractivity contribution in [1.82, 2.24) is 19.7 Å². The molecule has 0 aliphatic rings. The second-order valence-electron chi connectivity index (χ2n) is 9.16. The third kappa shape index (κ3) is 5.96. The number of ether oxygens (including phenoxy) is 1. The molecule has 0 spiro atoms. The Hall–Kier alpha value is -2.90. The number of hydrogen-bond acceptors (Lipinski definition) is 6. The van der Waals surface area contributed by atoms with Crippen molar-refractivity contribution in [2.45, 2.75) is 57.2 Å². The molecule has 0 aliphatic heterocycles. The average molecular weight is 491 g/mol. The molecule has 0 fully saturated rings. The predicted molar refractivity (Wildman–Crippen MR) is 142 cm³/mol. The minimum atomic E-state index is 0.118. The second-order valence-corrected chi connectivity index (χ2v) is 11.0. The fourth-order valence-electron chi connectivity index (χ4n) is 3.38. The van der Waals surface area contributed by atoms with Gasteiger partial charge in [-0.1, -0.05) is 80.6 Å². The van der Waals surface area contributed by atoms with E-state index in [1.54, 1.807) is 23.1 Å². The molecule has 176 valence electrons. The number of hydrogen-bond donors (Lipinski definition) is 0. The predicted octanol–water partition coefficient (Wildman–Crippen LogP) is 7.06. The van der Waals surface area contributed by atoms with Gasteiger partial charge in [-0.15, -0.1) is 28.1 Å². The van der Waals surface area contributed by atoms with E-state index in [9.17, 15) is 0 Å². The van der Waals surface area contributed by atoms with Crippen LogP contribution in [-0.4, -0.2) is 19.7 Å². The Morgan fingerprint density at radius 2 is 1.79 bits per heavy atom. The molecule has 34 heavy (non-hydrogen) atoms. The lowest BCUT2D eigenvalue weighted by molar-refractivity contribution is 0.289. The zero-order chi connectivity index (χ0) is 24.1. The molecule has 0 unspecified atom stereocenters. The number of benzene rings is 2. The van der Waals surface area contributed by atoms with Crippen molar-refractivity contribution in [3.63, 3.8) is 0 Å². The molecule has 0 amide bonds. The van der Waals surface area contributed by atoms with Crippen molar-refractivity contribution in [3.05, 3.63) is 89.2 Å². The minimum Gasteiger partial charge on any atom is -0.486 e. The van der Waals surface area contributed by atoms with Crippen molar-refractivity contribution < 1.29 is 4.74 Å². The number of aryl methyl sites for hydroxylation is 1. The summed E-state index contributed by atoms with van der Waals surface area (Å²) in [7, 11) is 0. The zero-order valence-electron chi connectivity index (χ0n) is 20.1. The van der Waals surface area contributed by atoms with Gasteiger partial charge in [0.05, 0.1) is 5.69 Å². The van der Waals surface area contributed by atoms with Crippen LogP contribution in [0.2, 0.25) is 0 Å². The Balaban J connectivity index is 1.40. The molecule has 0 radical (unpaired) electrons. The first-order valence-electron chi connectivity index (χ1n) is 11.2. The maximum Gasteiger partial charge on any atom is 0.191 e. The van der Waals surface area contributed by atoms with E-state index in [0.29, 0.717) is 13.2 Å². The Bertz CT molecular complexity index is 1240. The van der Waals surface area contributed by atoms with E-state index in [-0.39, 0.29) is 5.41 Å². The Morgan fingerprint density at radius 3 is 2.47 bits per heavy atom. The molecule has 0 bridgehead atoms. The summed E-state index contributed by atoms with van der Waals surface area (Å²) in [5.74, 6) is 2.33. The molecule has 0 atom stereocenters. The topological polar surface area (TPSA) is 52.8 Å². The van der Waals surface area contributed by atoms with Gasteiger partial charge < -0.3 is 4.74 Å². The minimum absolute atomic E-state index is 0.118. The van der Waals surface area contributed by atoms with Crippen molar-refractivity contribution in [2.24, 2.45) is 0 Å². The fourth-order valence-corrected chi connectivity index (χ4v) is 5.18. The molecule has 0 saturated carbocycles. The first-order valence-corrected chi connectivity index (χ1v) is 13.1. The largest absolute Gasteiger partial charge is 0.486 e. The van der Waals surface area contributed by atoms with Gasteiger partial charge in [0.25, 0.3) is 0 Å². The van der Waals surface area contributed by atoms with Crippen molar-refractivity contribution >= 4 is 23.1 Å². The van der Waals surface area contributed by atoms with Gasteiger partial charge in [-0.25, -0.2) is 4.98 Å². The number of allylic oxidation sites excluding steroid dienone is 1. The van der Waals surface area contributed by atoms with Crippen LogP contribution in [0.15, 0.2) is 71.7 Å². The van der Waals surface area contributed by atoms with Crippen LogP contribution >= 0.6 is 23.1 Å². The molecule has 0 saturated heterocycles. The van der Waals surface area contributed by atoms with Crippen LogP contribution < -0.4 is 4.74 Å². The van der Waals surface area contributed by atoms with Crippen LogP contribution in [0, 0.1) is 6.92 Å². The summed E-state index contributed by atoms with van der Waals surface area (Å²) in [5, 5.41) is 12.8. The highest BCUT2D eigenvalue weighted by Crippen LogP contribution is 2.28. The molecule has 2 aromatic heterocycles. The van der Waals surface area contributed by atoms with E-state index >= 15 is 0 Å². The molecule has 0 N–H and O–H groups in total. The highest BCUT2D eigenvalue weighted by atomic mass is 32.2. The van der Waals surface area contributed by atoms with Gasteiger partial charge >= 0.3 is 0 Å². The van der Waals surface area contributed by atoms with Gasteiger partial charge in [0, 0.05) is 23.2 Å². The molecule has 4 aromatic rings. The summed E-state index contributed by atoms with van der Waals surface area (Å²) in [6.07, 6.45) is 1.85.